The van der Waals surface area contributed by atoms with E-state index in [9.17, 15) is 4.79 Å². The van der Waals surface area contributed by atoms with Crippen LogP contribution < -0.4 is 5.32 Å². The molecule has 0 radical (unpaired) electrons. The smallest absolute Gasteiger partial charge is 0.411 e. The Bertz CT molecular complexity index is 307. The standard InChI is InChI=1S/C6H7N3O2S/c10-6(11)8-5-7-4(9-12-5)3-1-2-3/h3H,1-2H2,(H,10,11)(H,7,8,9). The lowest BCUT2D eigenvalue weighted by Gasteiger charge is -1.89. The van der Waals surface area contributed by atoms with Crippen LogP contribution in [0.2, 0.25) is 0 Å². The van der Waals surface area contributed by atoms with E-state index in [0.29, 0.717) is 11.0 Å². The summed E-state index contributed by atoms with van der Waals surface area (Å²) in [4.78, 5) is 14.2. The predicted octanol–water partition coefficient (Wildman–Crippen LogP) is 1.51. The molecule has 0 aromatic carbocycles. The molecule has 2 N–H and O–H groups in total. The number of nitrogens with zero attached hydrogens (tertiary/aromatic N) is 2. The van der Waals surface area contributed by atoms with Crippen molar-refractivity contribution < 1.29 is 9.90 Å². The van der Waals surface area contributed by atoms with Gasteiger partial charge in [0, 0.05) is 17.5 Å². The zero-order valence-corrected chi connectivity index (χ0v) is 6.97. The van der Waals surface area contributed by atoms with Gasteiger partial charge in [0.25, 0.3) is 0 Å². The van der Waals surface area contributed by atoms with Crippen LogP contribution in [-0.4, -0.2) is 20.6 Å². The Hall–Kier alpha value is -1.17. The lowest BCUT2D eigenvalue weighted by molar-refractivity contribution is 0.209. The fourth-order valence-corrected chi connectivity index (χ4v) is 1.52. The van der Waals surface area contributed by atoms with Gasteiger partial charge >= 0.3 is 6.09 Å². The highest BCUT2D eigenvalue weighted by molar-refractivity contribution is 7.09. The SMILES string of the molecule is O=C(O)Nc1nc(C2CC2)ns1. The van der Waals surface area contributed by atoms with Crippen molar-refractivity contribution in [2.45, 2.75) is 18.8 Å². The van der Waals surface area contributed by atoms with Gasteiger partial charge in [0.15, 0.2) is 0 Å². The van der Waals surface area contributed by atoms with Crippen LogP contribution in [-0.2, 0) is 0 Å². The number of carboxylic acid groups (broad SMARTS) is 1. The molecule has 0 bridgehead atoms. The van der Waals surface area contributed by atoms with Gasteiger partial charge in [-0.1, -0.05) is 0 Å². The number of carbonyl (C=O) groups is 1. The molecule has 0 atom stereocenters. The first-order chi connectivity index (χ1) is 5.75. The second-order valence-corrected chi connectivity index (χ2v) is 3.41. The molecule has 1 aromatic rings. The molecule has 0 aliphatic heterocycles. The predicted molar refractivity (Wildman–Crippen MR) is 43.5 cm³/mol. The quantitative estimate of drug-likeness (QED) is 0.732. The van der Waals surface area contributed by atoms with Crippen LogP contribution in [0.5, 0.6) is 0 Å². The molecule has 64 valence electrons. The molecule has 6 heteroatoms. The monoisotopic (exact) mass is 185 g/mol. The molecule has 1 heterocycles. The third kappa shape index (κ3) is 1.53. The van der Waals surface area contributed by atoms with Crippen molar-refractivity contribution in [2.24, 2.45) is 0 Å². The molecule has 1 aromatic heterocycles. The van der Waals surface area contributed by atoms with Crippen LogP contribution in [0, 0.1) is 0 Å². The van der Waals surface area contributed by atoms with Crippen LogP contribution in [0.1, 0.15) is 24.6 Å². The average molecular weight is 185 g/mol. The molecule has 12 heavy (non-hydrogen) atoms. The lowest BCUT2D eigenvalue weighted by Crippen LogP contribution is -2.06. The van der Waals surface area contributed by atoms with Crippen molar-refractivity contribution in [1.29, 1.82) is 0 Å². The summed E-state index contributed by atoms with van der Waals surface area (Å²) in [5, 5.41) is 10.9. The van der Waals surface area contributed by atoms with Crippen LogP contribution >= 0.6 is 11.5 Å². The number of hydrogen-bond acceptors (Lipinski definition) is 4. The fourth-order valence-electron chi connectivity index (χ4n) is 0.884. The van der Waals surface area contributed by atoms with Gasteiger partial charge in [-0.15, -0.1) is 0 Å². The van der Waals surface area contributed by atoms with E-state index in [4.69, 9.17) is 5.11 Å². The van der Waals surface area contributed by atoms with E-state index in [1.54, 1.807) is 0 Å². The van der Waals surface area contributed by atoms with Gasteiger partial charge in [-0.3, -0.25) is 5.32 Å². The fraction of sp³-hybridized carbons (Fsp3) is 0.500. The Morgan fingerprint density at radius 2 is 2.42 bits per heavy atom. The summed E-state index contributed by atoms with van der Waals surface area (Å²) in [5.41, 5.74) is 0. The molecule has 1 fully saturated rings. The number of hydrogen-bond donors (Lipinski definition) is 2. The van der Waals surface area contributed by atoms with E-state index in [-0.39, 0.29) is 0 Å². The number of aromatic nitrogens is 2. The zero-order valence-electron chi connectivity index (χ0n) is 6.15. The Labute approximate surface area is 72.6 Å². The molecule has 1 aliphatic rings. The van der Waals surface area contributed by atoms with Crippen LogP contribution in [0.25, 0.3) is 0 Å². The minimum absolute atomic E-state index is 0.365. The topological polar surface area (TPSA) is 75.1 Å². The number of amides is 1. The third-order valence-corrected chi connectivity index (χ3v) is 2.24. The van der Waals surface area contributed by atoms with Gasteiger partial charge in [-0.25, -0.2) is 9.78 Å². The minimum atomic E-state index is -1.09. The number of anilines is 1. The molecule has 1 amide bonds. The summed E-state index contributed by atoms with van der Waals surface area (Å²) in [6, 6.07) is 0. The first-order valence-corrected chi connectivity index (χ1v) is 4.36. The van der Waals surface area contributed by atoms with E-state index in [1.165, 1.54) is 0 Å². The largest absolute Gasteiger partial charge is 0.465 e. The van der Waals surface area contributed by atoms with Crippen LogP contribution in [0.15, 0.2) is 0 Å². The van der Waals surface area contributed by atoms with Crippen molar-refractivity contribution >= 4 is 22.8 Å². The van der Waals surface area contributed by atoms with Gasteiger partial charge in [0.05, 0.1) is 0 Å². The highest BCUT2D eigenvalue weighted by atomic mass is 32.1. The van der Waals surface area contributed by atoms with Gasteiger partial charge in [0.2, 0.25) is 5.13 Å². The average Bonchev–Trinajstić information content (AvgIpc) is 2.73. The van der Waals surface area contributed by atoms with Crippen molar-refractivity contribution in [3.05, 3.63) is 5.82 Å². The lowest BCUT2D eigenvalue weighted by atomic mass is 10.4. The normalized spacial score (nSPS) is 16.0. The van der Waals surface area contributed by atoms with Gasteiger partial charge in [0.1, 0.15) is 5.82 Å². The second kappa shape index (κ2) is 2.71. The van der Waals surface area contributed by atoms with E-state index in [1.807, 2.05) is 0 Å². The van der Waals surface area contributed by atoms with E-state index in [0.717, 1.165) is 30.2 Å². The van der Waals surface area contributed by atoms with Crippen LogP contribution in [0.4, 0.5) is 9.93 Å². The Kier molecular flexibility index (Phi) is 1.69. The maximum absolute atomic E-state index is 10.2. The van der Waals surface area contributed by atoms with E-state index < -0.39 is 6.09 Å². The molecule has 1 aliphatic carbocycles. The second-order valence-electron chi connectivity index (χ2n) is 2.66. The first kappa shape index (κ1) is 7.48. The minimum Gasteiger partial charge on any atom is -0.465 e. The Morgan fingerprint density at radius 1 is 1.67 bits per heavy atom. The van der Waals surface area contributed by atoms with Gasteiger partial charge in [-0.05, 0) is 12.8 Å². The maximum Gasteiger partial charge on any atom is 0.411 e. The molecule has 1 saturated carbocycles. The summed E-state index contributed by atoms with van der Waals surface area (Å²) >= 11 is 1.09. The molecular weight excluding hydrogens is 178 g/mol. The highest BCUT2D eigenvalue weighted by Gasteiger charge is 2.27. The van der Waals surface area contributed by atoms with E-state index in [2.05, 4.69) is 14.7 Å². The summed E-state index contributed by atoms with van der Waals surface area (Å²) in [6.45, 7) is 0. The maximum atomic E-state index is 10.2. The van der Waals surface area contributed by atoms with Gasteiger partial charge in [-0.2, -0.15) is 4.37 Å². The van der Waals surface area contributed by atoms with Crippen LogP contribution in [0.3, 0.4) is 0 Å². The molecule has 0 saturated heterocycles. The molecule has 2 rings (SSSR count). The molecular formula is C6H7N3O2S. The zero-order chi connectivity index (χ0) is 8.55. The summed E-state index contributed by atoms with van der Waals surface area (Å²) < 4.78 is 4.04. The summed E-state index contributed by atoms with van der Waals surface area (Å²) in [5.74, 6) is 1.26. The van der Waals surface area contributed by atoms with Crippen molar-refractivity contribution in [2.75, 3.05) is 5.32 Å². The highest BCUT2D eigenvalue weighted by Crippen LogP contribution is 2.39. The summed E-state index contributed by atoms with van der Waals surface area (Å²) in [7, 11) is 0. The Morgan fingerprint density at radius 3 is 3.00 bits per heavy atom. The molecule has 0 spiro atoms. The van der Waals surface area contributed by atoms with E-state index >= 15 is 0 Å². The van der Waals surface area contributed by atoms with Crippen molar-refractivity contribution in [3.8, 4) is 0 Å². The third-order valence-electron chi connectivity index (χ3n) is 1.60. The van der Waals surface area contributed by atoms with Crippen molar-refractivity contribution in [1.82, 2.24) is 9.36 Å². The van der Waals surface area contributed by atoms with Gasteiger partial charge < -0.3 is 5.11 Å². The van der Waals surface area contributed by atoms with Crippen molar-refractivity contribution in [3.63, 3.8) is 0 Å². The summed E-state index contributed by atoms with van der Waals surface area (Å²) in [6.07, 6.45) is 1.17. The Balaban J connectivity index is 2.07. The number of rotatable bonds is 2. The molecule has 0 unspecified atom stereocenters. The molecule has 5 nitrogen and oxygen atoms in total. The number of nitrogens with one attached hydrogen (secondary N) is 1. The first-order valence-electron chi connectivity index (χ1n) is 3.59.